The van der Waals surface area contributed by atoms with Crippen LogP contribution in [0.2, 0.25) is 0 Å². The smallest absolute Gasteiger partial charge is 0.338 e. The van der Waals surface area contributed by atoms with E-state index in [0.29, 0.717) is 0 Å². The summed E-state index contributed by atoms with van der Waals surface area (Å²) in [4.78, 5) is 14.1. The van der Waals surface area contributed by atoms with Gasteiger partial charge in [-0.25, -0.2) is 9.18 Å². The Bertz CT molecular complexity index is 488. The number of carbonyl (C=O) groups excluding carboxylic acids is 1. The van der Waals surface area contributed by atoms with Gasteiger partial charge in [-0.05, 0) is 44.5 Å². The quantitative estimate of drug-likeness (QED) is 0.340. The van der Waals surface area contributed by atoms with Crippen LogP contribution in [0.4, 0.5) is 10.1 Å². The molecule has 0 atom stereocenters. The van der Waals surface area contributed by atoms with E-state index >= 15 is 0 Å². The molecule has 0 heterocycles. The first-order valence-electron chi connectivity index (χ1n) is 4.91. The maximum Gasteiger partial charge on any atom is 0.338 e. The molecule has 0 radical (unpaired) electrons. The third-order valence-corrected chi connectivity index (χ3v) is 1.73. The first-order chi connectivity index (χ1) is 7.83. The van der Waals surface area contributed by atoms with Crippen molar-refractivity contribution >= 4 is 11.7 Å². The Labute approximate surface area is 97.8 Å². The van der Waals surface area contributed by atoms with E-state index in [1.165, 1.54) is 6.07 Å². The van der Waals surface area contributed by atoms with Crippen LogP contribution in [-0.4, -0.2) is 11.6 Å². The van der Waals surface area contributed by atoms with Crippen LogP contribution in [0.1, 0.15) is 31.1 Å². The molecule has 1 aromatic carbocycles. The number of esters is 1. The number of hydrogen-bond acceptors (Lipinski definition) is 3. The number of azide groups is 1. The predicted molar refractivity (Wildman–Crippen MR) is 60.4 cm³/mol. The van der Waals surface area contributed by atoms with E-state index in [9.17, 15) is 9.18 Å². The molecule has 0 aliphatic rings. The Morgan fingerprint density at radius 2 is 2.12 bits per heavy atom. The summed E-state index contributed by atoms with van der Waals surface area (Å²) < 4.78 is 18.2. The van der Waals surface area contributed by atoms with Crippen LogP contribution < -0.4 is 0 Å². The summed E-state index contributed by atoms with van der Waals surface area (Å²) in [6, 6.07) is 3.49. The number of hydrogen-bond donors (Lipinski definition) is 0. The zero-order valence-corrected chi connectivity index (χ0v) is 9.77. The molecule has 0 fully saturated rings. The normalized spacial score (nSPS) is 10.6. The summed E-state index contributed by atoms with van der Waals surface area (Å²) in [5.41, 5.74) is 7.52. The van der Waals surface area contributed by atoms with Crippen molar-refractivity contribution in [2.75, 3.05) is 0 Å². The summed E-state index contributed by atoms with van der Waals surface area (Å²) in [7, 11) is 0. The van der Waals surface area contributed by atoms with Crippen molar-refractivity contribution < 1.29 is 13.9 Å². The molecule has 0 aliphatic heterocycles. The zero-order chi connectivity index (χ0) is 13.1. The minimum Gasteiger partial charge on any atom is -0.456 e. The maximum absolute atomic E-state index is 13.1. The van der Waals surface area contributed by atoms with Crippen molar-refractivity contribution in [1.82, 2.24) is 0 Å². The number of ether oxygens (including phenoxy) is 1. The summed E-state index contributed by atoms with van der Waals surface area (Å²) in [6.45, 7) is 5.17. The Hall–Kier alpha value is -2.07. The van der Waals surface area contributed by atoms with Gasteiger partial charge in [0, 0.05) is 4.91 Å². The third-order valence-electron chi connectivity index (χ3n) is 1.73. The van der Waals surface area contributed by atoms with Gasteiger partial charge in [-0.2, -0.15) is 0 Å². The van der Waals surface area contributed by atoms with Gasteiger partial charge >= 0.3 is 5.97 Å². The lowest BCUT2D eigenvalue weighted by Crippen LogP contribution is -2.23. The largest absolute Gasteiger partial charge is 0.456 e. The van der Waals surface area contributed by atoms with Crippen LogP contribution in [0, 0.1) is 5.82 Å². The molecule has 6 heteroatoms. The van der Waals surface area contributed by atoms with E-state index in [0.717, 1.165) is 12.1 Å². The van der Waals surface area contributed by atoms with E-state index in [1.54, 1.807) is 20.8 Å². The highest BCUT2D eigenvalue weighted by atomic mass is 19.1. The molecule has 1 aromatic rings. The second-order valence-corrected chi connectivity index (χ2v) is 4.36. The molecule has 0 aromatic heterocycles. The molecule has 1 rings (SSSR count). The van der Waals surface area contributed by atoms with Crippen molar-refractivity contribution in [2.24, 2.45) is 5.11 Å². The molecule has 90 valence electrons. The molecule has 0 spiro atoms. The molecule has 0 N–H and O–H groups in total. The molecule has 0 bridgehead atoms. The lowest BCUT2D eigenvalue weighted by atomic mass is 10.1. The van der Waals surface area contributed by atoms with Crippen LogP contribution in [0.25, 0.3) is 10.4 Å². The Kier molecular flexibility index (Phi) is 3.70. The van der Waals surface area contributed by atoms with Crippen LogP contribution in [-0.2, 0) is 4.74 Å². The van der Waals surface area contributed by atoms with Gasteiger partial charge in [0.15, 0.2) is 0 Å². The van der Waals surface area contributed by atoms with Crippen LogP contribution in [0.3, 0.4) is 0 Å². The maximum atomic E-state index is 13.1. The second kappa shape index (κ2) is 4.84. The lowest BCUT2D eigenvalue weighted by Gasteiger charge is -2.19. The monoisotopic (exact) mass is 237 g/mol. The van der Waals surface area contributed by atoms with Crippen LogP contribution in [0.15, 0.2) is 23.3 Å². The highest BCUT2D eigenvalue weighted by Gasteiger charge is 2.18. The first-order valence-corrected chi connectivity index (χ1v) is 4.91. The minimum atomic E-state index is -0.685. The average Bonchev–Trinajstić information content (AvgIpc) is 2.19. The SMILES string of the molecule is CC(C)(C)OC(=O)c1ccc(F)c(N=[N+]=[N-])c1. The number of rotatable bonds is 2. The van der Waals surface area contributed by atoms with Crippen molar-refractivity contribution in [2.45, 2.75) is 26.4 Å². The topological polar surface area (TPSA) is 75.1 Å². The first kappa shape index (κ1) is 13.0. The predicted octanol–water partition coefficient (Wildman–Crippen LogP) is 3.72. The van der Waals surface area contributed by atoms with Crippen molar-refractivity contribution in [3.63, 3.8) is 0 Å². The van der Waals surface area contributed by atoms with E-state index in [4.69, 9.17) is 10.3 Å². The molecule has 0 saturated heterocycles. The molecule has 5 nitrogen and oxygen atoms in total. The fraction of sp³-hybridized carbons (Fsp3) is 0.364. The average molecular weight is 237 g/mol. The molecular weight excluding hydrogens is 225 g/mol. The number of carbonyl (C=O) groups is 1. The van der Waals surface area contributed by atoms with Gasteiger partial charge in [-0.3, -0.25) is 0 Å². The highest BCUT2D eigenvalue weighted by molar-refractivity contribution is 5.90. The Morgan fingerprint density at radius 3 is 2.65 bits per heavy atom. The molecule has 0 unspecified atom stereocenters. The zero-order valence-electron chi connectivity index (χ0n) is 9.77. The van der Waals surface area contributed by atoms with Gasteiger partial charge in [-0.1, -0.05) is 5.11 Å². The van der Waals surface area contributed by atoms with E-state index in [1.807, 2.05) is 0 Å². The van der Waals surface area contributed by atoms with E-state index < -0.39 is 17.4 Å². The Morgan fingerprint density at radius 1 is 1.47 bits per heavy atom. The van der Waals surface area contributed by atoms with Gasteiger partial charge in [0.2, 0.25) is 0 Å². The standard InChI is InChI=1S/C11H12FN3O2/c1-11(2,3)17-10(16)7-4-5-8(12)9(6-7)14-15-13/h4-6H,1-3H3. The number of halogens is 1. The highest BCUT2D eigenvalue weighted by Crippen LogP contribution is 2.21. The van der Waals surface area contributed by atoms with Crippen molar-refractivity contribution in [3.05, 3.63) is 40.0 Å². The molecule has 17 heavy (non-hydrogen) atoms. The Balaban J connectivity index is 3.04. The fourth-order valence-corrected chi connectivity index (χ4v) is 1.10. The van der Waals surface area contributed by atoms with Gasteiger partial charge in [-0.15, -0.1) is 0 Å². The molecule has 0 aliphatic carbocycles. The lowest BCUT2D eigenvalue weighted by molar-refractivity contribution is 0.00695. The molecule has 0 amide bonds. The van der Waals surface area contributed by atoms with Gasteiger partial charge in [0.1, 0.15) is 11.4 Å². The van der Waals surface area contributed by atoms with E-state index in [2.05, 4.69) is 10.0 Å². The van der Waals surface area contributed by atoms with Crippen LogP contribution >= 0.6 is 0 Å². The second-order valence-electron chi connectivity index (χ2n) is 4.36. The fourth-order valence-electron chi connectivity index (χ4n) is 1.10. The summed E-state index contributed by atoms with van der Waals surface area (Å²) in [6.07, 6.45) is 0. The van der Waals surface area contributed by atoms with Crippen LogP contribution in [0.5, 0.6) is 0 Å². The van der Waals surface area contributed by atoms with Gasteiger partial charge in [0.25, 0.3) is 0 Å². The number of benzene rings is 1. The minimum absolute atomic E-state index is 0.142. The van der Waals surface area contributed by atoms with Crippen molar-refractivity contribution in [3.8, 4) is 0 Å². The third kappa shape index (κ3) is 3.77. The van der Waals surface area contributed by atoms with E-state index in [-0.39, 0.29) is 11.3 Å². The number of nitrogens with zero attached hydrogens (tertiary/aromatic N) is 3. The molecule has 0 saturated carbocycles. The molecular formula is C11H12FN3O2. The summed E-state index contributed by atoms with van der Waals surface area (Å²) >= 11 is 0. The summed E-state index contributed by atoms with van der Waals surface area (Å²) in [5.74, 6) is -1.28. The van der Waals surface area contributed by atoms with Gasteiger partial charge < -0.3 is 4.74 Å². The summed E-state index contributed by atoms with van der Waals surface area (Å²) in [5, 5.41) is 3.14. The van der Waals surface area contributed by atoms with Crippen molar-refractivity contribution in [1.29, 1.82) is 0 Å². The van der Waals surface area contributed by atoms with Gasteiger partial charge in [0.05, 0.1) is 11.3 Å².